The first-order valence-electron chi connectivity index (χ1n) is 7.52. The molecule has 7 heteroatoms. The Morgan fingerprint density at radius 1 is 1.27 bits per heavy atom. The second-order valence-corrected chi connectivity index (χ2v) is 7.85. The number of primary sulfonamides is 1. The van der Waals surface area contributed by atoms with Gasteiger partial charge in [0.05, 0.1) is 4.90 Å². The maximum Gasteiger partial charge on any atom is 0.238 e. The molecule has 1 aromatic rings. The molecule has 1 saturated carbocycles. The molecule has 1 fully saturated rings. The van der Waals surface area contributed by atoms with Gasteiger partial charge in [0.25, 0.3) is 0 Å². The van der Waals surface area contributed by atoms with Gasteiger partial charge in [0.15, 0.2) is 5.11 Å². The van der Waals surface area contributed by atoms with Crippen LogP contribution in [0.1, 0.15) is 38.2 Å². The molecule has 5 nitrogen and oxygen atoms in total. The minimum atomic E-state index is -3.63. The summed E-state index contributed by atoms with van der Waals surface area (Å²) in [5.74, 6) is 0.641. The van der Waals surface area contributed by atoms with Crippen LogP contribution in [0.4, 0.5) is 0 Å². The van der Waals surface area contributed by atoms with E-state index in [4.69, 9.17) is 17.4 Å². The SMILES string of the molecule is C[C@H]1CCCC[C@@H]1NC(=S)NCc1ccc(S(N)(=O)=O)cc1. The zero-order valence-electron chi connectivity index (χ0n) is 12.7. The molecule has 0 radical (unpaired) electrons. The Labute approximate surface area is 137 Å². The van der Waals surface area contributed by atoms with E-state index in [9.17, 15) is 8.42 Å². The predicted molar refractivity (Wildman–Crippen MR) is 91.8 cm³/mol. The molecule has 0 unspecified atom stereocenters. The zero-order valence-corrected chi connectivity index (χ0v) is 14.3. The second kappa shape index (κ2) is 7.39. The maximum absolute atomic E-state index is 11.2. The van der Waals surface area contributed by atoms with Crippen LogP contribution in [0.5, 0.6) is 0 Å². The van der Waals surface area contributed by atoms with E-state index in [-0.39, 0.29) is 4.90 Å². The van der Waals surface area contributed by atoms with Gasteiger partial charge in [-0.25, -0.2) is 13.6 Å². The number of nitrogens with one attached hydrogen (secondary N) is 2. The van der Waals surface area contributed by atoms with Crippen molar-refractivity contribution in [2.24, 2.45) is 11.1 Å². The highest BCUT2D eigenvalue weighted by Crippen LogP contribution is 2.23. The Hall–Kier alpha value is -1.18. The van der Waals surface area contributed by atoms with Crippen molar-refractivity contribution in [2.75, 3.05) is 0 Å². The first-order chi connectivity index (χ1) is 10.4. The van der Waals surface area contributed by atoms with Crippen LogP contribution >= 0.6 is 12.2 Å². The number of thiocarbonyl (C=S) groups is 1. The smallest absolute Gasteiger partial charge is 0.238 e. The first-order valence-corrected chi connectivity index (χ1v) is 9.48. The quantitative estimate of drug-likeness (QED) is 0.728. The Morgan fingerprint density at radius 3 is 2.50 bits per heavy atom. The average Bonchev–Trinajstić information content (AvgIpc) is 2.47. The monoisotopic (exact) mass is 341 g/mol. The minimum absolute atomic E-state index is 0.119. The molecule has 1 aromatic carbocycles. The number of rotatable bonds is 4. The molecule has 1 aliphatic carbocycles. The lowest BCUT2D eigenvalue weighted by Crippen LogP contribution is -2.45. The van der Waals surface area contributed by atoms with E-state index in [1.165, 1.54) is 31.4 Å². The number of sulfonamides is 1. The van der Waals surface area contributed by atoms with E-state index < -0.39 is 10.0 Å². The van der Waals surface area contributed by atoms with Crippen LogP contribution in [0.3, 0.4) is 0 Å². The highest BCUT2D eigenvalue weighted by Gasteiger charge is 2.21. The Balaban J connectivity index is 1.83. The fraction of sp³-hybridized carbons (Fsp3) is 0.533. The Kier molecular flexibility index (Phi) is 5.77. The van der Waals surface area contributed by atoms with Crippen molar-refractivity contribution in [1.29, 1.82) is 0 Å². The number of hydrogen-bond acceptors (Lipinski definition) is 3. The molecule has 1 aliphatic rings. The van der Waals surface area contributed by atoms with Gasteiger partial charge in [-0.3, -0.25) is 0 Å². The third-order valence-corrected chi connectivity index (χ3v) is 5.32. The fourth-order valence-corrected chi connectivity index (χ4v) is 3.47. The molecular weight excluding hydrogens is 318 g/mol. The second-order valence-electron chi connectivity index (χ2n) is 5.88. The van der Waals surface area contributed by atoms with Gasteiger partial charge < -0.3 is 10.6 Å². The molecular formula is C15H23N3O2S2. The average molecular weight is 342 g/mol. The lowest BCUT2D eigenvalue weighted by atomic mass is 9.86. The normalized spacial score (nSPS) is 22.1. The summed E-state index contributed by atoms with van der Waals surface area (Å²) < 4.78 is 22.4. The number of benzene rings is 1. The van der Waals surface area contributed by atoms with E-state index in [0.717, 1.165) is 12.0 Å². The van der Waals surface area contributed by atoms with Crippen molar-refractivity contribution >= 4 is 27.4 Å². The van der Waals surface area contributed by atoms with Crippen molar-refractivity contribution in [2.45, 2.75) is 50.1 Å². The molecule has 22 heavy (non-hydrogen) atoms. The molecule has 2 rings (SSSR count). The van der Waals surface area contributed by atoms with Crippen LogP contribution in [0.15, 0.2) is 29.2 Å². The van der Waals surface area contributed by atoms with Crippen molar-refractivity contribution in [1.82, 2.24) is 10.6 Å². The standard InChI is InChI=1S/C15H23N3O2S2/c1-11-4-2-3-5-14(11)18-15(21)17-10-12-6-8-13(9-7-12)22(16,19)20/h6-9,11,14H,2-5,10H2,1H3,(H2,16,19,20)(H2,17,18,21)/t11-,14-/m0/s1. The summed E-state index contributed by atoms with van der Waals surface area (Å²) in [5.41, 5.74) is 0.952. The minimum Gasteiger partial charge on any atom is -0.360 e. The van der Waals surface area contributed by atoms with Gasteiger partial charge in [-0.05, 0) is 48.7 Å². The van der Waals surface area contributed by atoms with Gasteiger partial charge in [0.1, 0.15) is 0 Å². The molecule has 0 heterocycles. The topological polar surface area (TPSA) is 84.2 Å². The van der Waals surface area contributed by atoms with Crippen LogP contribution in [0, 0.1) is 5.92 Å². The molecule has 122 valence electrons. The molecule has 2 atom stereocenters. The summed E-state index contributed by atoms with van der Waals surface area (Å²) in [6, 6.07) is 6.92. The molecule has 0 spiro atoms. The summed E-state index contributed by atoms with van der Waals surface area (Å²) in [6.45, 7) is 2.81. The first kappa shape index (κ1) is 17.2. The zero-order chi connectivity index (χ0) is 16.2. The van der Waals surface area contributed by atoms with Gasteiger partial charge in [-0.15, -0.1) is 0 Å². The van der Waals surface area contributed by atoms with Crippen LogP contribution in [0.25, 0.3) is 0 Å². The highest BCUT2D eigenvalue weighted by atomic mass is 32.2. The summed E-state index contributed by atoms with van der Waals surface area (Å²) in [5, 5.41) is 12.3. The maximum atomic E-state index is 11.2. The largest absolute Gasteiger partial charge is 0.360 e. The van der Waals surface area contributed by atoms with Gasteiger partial charge >= 0.3 is 0 Å². The summed E-state index contributed by atoms with van der Waals surface area (Å²) in [4.78, 5) is 0.119. The van der Waals surface area contributed by atoms with Crippen LogP contribution < -0.4 is 15.8 Å². The number of hydrogen-bond donors (Lipinski definition) is 3. The summed E-state index contributed by atoms with van der Waals surface area (Å²) >= 11 is 5.33. The van der Waals surface area contributed by atoms with Crippen molar-refractivity contribution in [3.8, 4) is 0 Å². The van der Waals surface area contributed by atoms with E-state index in [1.54, 1.807) is 12.1 Å². The molecule has 4 N–H and O–H groups in total. The van der Waals surface area contributed by atoms with Crippen molar-refractivity contribution in [3.05, 3.63) is 29.8 Å². The third kappa shape index (κ3) is 4.93. The van der Waals surface area contributed by atoms with Crippen molar-refractivity contribution in [3.63, 3.8) is 0 Å². The van der Waals surface area contributed by atoms with Crippen LogP contribution in [-0.2, 0) is 16.6 Å². The van der Waals surface area contributed by atoms with E-state index in [1.807, 2.05) is 0 Å². The van der Waals surface area contributed by atoms with Gasteiger partial charge in [-0.1, -0.05) is 31.9 Å². The molecule has 0 saturated heterocycles. The molecule has 0 bridgehead atoms. The van der Waals surface area contributed by atoms with E-state index >= 15 is 0 Å². The van der Waals surface area contributed by atoms with Gasteiger partial charge in [0.2, 0.25) is 10.0 Å². The molecule has 0 aromatic heterocycles. The Morgan fingerprint density at radius 2 is 1.91 bits per heavy atom. The highest BCUT2D eigenvalue weighted by molar-refractivity contribution is 7.89. The van der Waals surface area contributed by atoms with Gasteiger partial charge in [-0.2, -0.15) is 0 Å². The number of nitrogens with two attached hydrogens (primary N) is 1. The fourth-order valence-electron chi connectivity index (χ4n) is 2.73. The van der Waals surface area contributed by atoms with E-state index in [0.29, 0.717) is 23.6 Å². The van der Waals surface area contributed by atoms with Crippen molar-refractivity contribution < 1.29 is 8.42 Å². The summed E-state index contributed by atoms with van der Waals surface area (Å²) in [7, 11) is -3.63. The Bertz CT molecular complexity index is 614. The molecule has 0 aliphatic heterocycles. The summed E-state index contributed by atoms with van der Waals surface area (Å²) in [6.07, 6.45) is 4.96. The third-order valence-electron chi connectivity index (χ3n) is 4.13. The lowest BCUT2D eigenvalue weighted by molar-refractivity contribution is 0.308. The van der Waals surface area contributed by atoms with Crippen LogP contribution in [-0.4, -0.2) is 19.6 Å². The lowest BCUT2D eigenvalue weighted by Gasteiger charge is -2.30. The van der Waals surface area contributed by atoms with E-state index in [2.05, 4.69) is 17.6 Å². The van der Waals surface area contributed by atoms with Crippen LogP contribution in [0.2, 0.25) is 0 Å². The van der Waals surface area contributed by atoms with Gasteiger partial charge in [0, 0.05) is 12.6 Å². The predicted octanol–water partition coefficient (Wildman–Crippen LogP) is 1.88. The molecule has 0 amide bonds.